The van der Waals surface area contributed by atoms with Gasteiger partial charge in [-0.15, -0.1) is 0 Å². The van der Waals surface area contributed by atoms with Gasteiger partial charge < -0.3 is 10.6 Å². The van der Waals surface area contributed by atoms with Crippen molar-refractivity contribution < 1.29 is 9.59 Å². The van der Waals surface area contributed by atoms with Gasteiger partial charge in [-0.1, -0.05) is 54.1 Å². The third-order valence-corrected chi connectivity index (χ3v) is 3.55. The smallest absolute Gasteiger partial charge is 0.314 e. The Kier molecular flexibility index (Phi) is 4.06. The standard InChI is InChI=1S/C19H16N2O2/c1-13-9-11-15(12-10-13)20-18(22)19(23)21-17-8-4-6-14-5-2-3-7-16(14)17/h2-12H,1H3,(H,20,22)(H,21,23). The minimum absolute atomic E-state index is 0.591. The quantitative estimate of drug-likeness (QED) is 0.709. The van der Waals surface area contributed by atoms with Gasteiger partial charge in [0.15, 0.2) is 0 Å². The number of benzene rings is 3. The highest BCUT2D eigenvalue weighted by atomic mass is 16.2. The molecule has 0 fully saturated rings. The molecule has 23 heavy (non-hydrogen) atoms. The molecule has 114 valence electrons. The van der Waals surface area contributed by atoms with Crippen molar-refractivity contribution in [1.29, 1.82) is 0 Å². The number of aryl methyl sites for hydroxylation is 1. The number of nitrogens with one attached hydrogen (secondary N) is 2. The molecule has 0 saturated heterocycles. The summed E-state index contributed by atoms with van der Waals surface area (Å²) in [6.45, 7) is 1.96. The van der Waals surface area contributed by atoms with Gasteiger partial charge in [-0.05, 0) is 30.5 Å². The maximum Gasteiger partial charge on any atom is 0.314 e. The number of hydrogen-bond acceptors (Lipinski definition) is 2. The number of amides is 2. The minimum atomic E-state index is -0.693. The lowest BCUT2D eigenvalue weighted by atomic mass is 10.1. The first-order chi connectivity index (χ1) is 11.1. The number of hydrogen-bond donors (Lipinski definition) is 2. The molecule has 3 aromatic rings. The van der Waals surface area contributed by atoms with Crippen molar-refractivity contribution in [1.82, 2.24) is 0 Å². The Bertz CT molecular complexity index is 865. The molecule has 0 aliphatic carbocycles. The third-order valence-electron chi connectivity index (χ3n) is 3.55. The lowest BCUT2D eigenvalue weighted by Crippen LogP contribution is -2.29. The van der Waals surface area contributed by atoms with Crippen LogP contribution in [0.25, 0.3) is 10.8 Å². The molecule has 0 aromatic heterocycles. The van der Waals surface area contributed by atoms with Gasteiger partial charge in [0.1, 0.15) is 0 Å². The normalized spacial score (nSPS) is 10.3. The Hall–Kier alpha value is -3.14. The van der Waals surface area contributed by atoms with Gasteiger partial charge in [0.25, 0.3) is 0 Å². The van der Waals surface area contributed by atoms with Gasteiger partial charge in [0, 0.05) is 16.8 Å². The SMILES string of the molecule is Cc1ccc(NC(=O)C(=O)Nc2cccc3ccccc23)cc1. The van der Waals surface area contributed by atoms with Gasteiger partial charge in [0.05, 0.1) is 0 Å². The van der Waals surface area contributed by atoms with E-state index in [1.807, 2.05) is 55.5 Å². The van der Waals surface area contributed by atoms with Crippen molar-refractivity contribution in [3.05, 3.63) is 72.3 Å². The molecule has 0 aliphatic heterocycles. The molecular formula is C19H16N2O2. The fourth-order valence-electron chi connectivity index (χ4n) is 2.34. The summed E-state index contributed by atoms with van der Waals surface area (Å²) in [5, 5.41) is 7.15. The Morgan fingerprint density at radius 3 is 2.17 bits per heavy atom. The van der Waals surface area contributed by atoms with Crippen LogP contribution in [0.4, 0.5) is 11.4 Å². The highest BCUT2D eigenvalue weighted by molar-refractivity contribution is 6.44. The maximum absolute atomic E-state index is 12.1. The number of carbonyl (C=O) groups is 2. The van der Waals surface area contributed by atoms with E-state index in [-0.39, 0.29) is 0 Å². The zero-order chi connectivity index (χ0) is 16.2. The summed E-state index contributed by atoms with van der Waals surface area (Å²) in [5.74, 6) is -1.39. The molecule has 0 atom stereocenters. The minimum Gasteiger partial charge on any atom is -0.318 e. The van der Waals surface area contributed by atoms with Gasteiger partial charge in [-0.25, -0.2) is 0 Å². The molecule has 0 heterocycles. The average Bonchev–Trinajstić information content (AvgIpc) is 2.57. The molecule has 0 saturated carbocycles. The van der Waals surface area contributed by atoms with Crippen LogP contribution in [0.3, 0.4) is 0 Å². The summed E-state index contributed by atoms with van der Waals surface area (Å²) in [4.78, 5) is 24.1. The van der Waals surface area contributed by atoms with Crippen LogP contribution in [0.2, 0.25) is 0 Å². The fourth-order valence-corrected chi connectivity index (χ4v) is 2.34. The highest BCUT2D eigenvalue weighted by Gasteiger charge is 2.15. The van der Waals surface area contributed by atoms with E-state index in [1.54, 1.807) is 18.2 Å². The summed E-state index contributed by atoms with van der Waals surface area (Å²) >= 11 is 0. The highest BCUT2D eigenvalue weighted by Crippen LogP contribution is 2.22. The topological polar surface area (TPSA) is 58.2 Å². The average molecular weight is 304 g/mol. The predicted molar refractivity (Wildman–Crippen MR) is 92.4 cm³/mol. The van der Waals surface area contributed by atoms with Crippen molar-refractivity contribution in [2.75, 3.05) is 10.6 Å². The Morgan fingerprint density at radius 2 is 1.39 bits per heavy atom. The van der Waals surface area contributed by atoms with Gasteiger partial charge in [0.2, 0.25) is 0 Å². The molecule has 0 bridgehead atoms. The van der Waals surface area contributed by atoms with E-state index in [0.717, 1.165) is 16.3 Å². The van der Waals surface area contributed by atoms with Crippen molar-refractivity contribution in [3.63, 3.8) is 0 Å². The molecular weight excluding hydrogens is 288 g/mol. The molecule has 2 amide bonds. The monoisotopic (exact) mass is 304 g/mol. The summed E-state index contributed by atoms with van der Waals surface area (Å²) < 4.78 is 0. The molecule has 0 unspecified atom stereocenters. The summed E-state index contributed by atoms with van der Waals surface area (Å²) in [6, 6.07) is 20.5. The second-order valence-electron chi connectivity index (χ2n) is 5.30. The molecule has 4 heteroatoms. The van der Waals surface area contributed by atoms with Crippen molar-refractivity contribution >= 4 is 34.0 Å². The molecule has 4 nitrogen and oxygen atoms in total. The van der Waals surface area contributed by atoms with Gasteiger partial charge >= 0.3 is 11.8 Å². The predicted octanol–water partition coefficient (Wildman–Crippen LogP) is 3.73. The van der Waals surface area contributed by atoms with Crippen LogP contribution in [-0.4, -0.2) is 11.8 Å². The zero-order valence-electron chi connectivity index (χ0n) is 12.7. The molecule has 2 N–H and O–H groups in total. The summed E-state index contributed by atoms with van der Waals surface area (Å²) in [7, 11) is 0. The van der Waals surface area contributed by atoms with Crippen molar-refractivity contribution in [2.45, 2.75) is 6.92 Å². The molecule has 0 spiro atoms. The van der Waals surface area contributed by atoms with E-state index < -0.39 is 11.8 Å². The third kappa shape index (κ3) is 3.37. The number of rotatable bonds is 2. The van der Waals surface area contributed by atoms with Crippen LogP contribution >= 0.6 is 0 Å². The Labute approximate surface area is 134 Å². The van der Waals surface area contributed by atoms with Crippen LogP contribution in [-0.2, 0) is 9.59 Å². The first-order valence-corrected chi connectivity index (χ1v) is 7.30. The first kappa shape index (κ1) is 14.8. The fraction of sp³-hybridized carbons (Fsp3) is 0.0526. The number of anilines is 2. The lowest BCUT2D eigenvalue weighted by molar-refractivity contribution is -0.132. The number of carbonyl (C=O) groups excluding carboxylic acids is 2. The van der Waals surface area contributed by atoms with Crippen molar-refractivity contribution in [3.8, 4) is 0 Å². The van der Waals surface area contributed by atoms with E-state index in [2.05, 4.69) is 10.6 Å². The van der Waals surface area contributed by atoms with Crippen LogP contribution in [0.5, 0.6) is 0 Å². The van der Waals surface area contributed by atoms with E-state index in [9.17, 15) is 9.59 Å². The number of fused-ring (bicyclic) bond motifs is 1. The van der Waals surface area contributed by atoms with Crippen LogP contribution in [0.15, 0.2) is 66.7 Å². The van der Waals surface area contributed by atoms with E-state index in [0.29, 0.717) is 11.4 Å². The van der Waals surface area contributed by atoms with E-state index >= 15 is 0 Å². The summed E-state index contributed by atoms with van der Waals surface area (Å²) in [5.41, 5.74) is 2.30. The molecule has 0 radical (unpaired) electrons. The first-order valence-electron chi connectivity index (χ1n) is 7.30. The van der Waals surface area contributed by atoms with E-state index in [1.165, 1.54) is 0 Å². The van der Waals surface area contributed by atoms with Crippen LogP contribution < -0.4 is 10.6 Å². The largest absolute Gasteiger partial charge is 0.318 e. The zero-order valence-corrected chi connectivity index (χ0v) is 12.7. The molecule has 3 aromatic carbocycles. The summed E-state index contributed by atoms with van der Waals surface area (Å²) in [6.07, 6.45) is 0. The van der Waals surface area contributed by atoms with Crippen molar-refractivity contribution in [2.24, 2.45) is 0 Å². The second kappa shape index (κ2) is 6.32. The van der Waals surface area contributed by atoms with Gasteiger partial charge in [-0.2, -0.15) is 0 Å². The molecule has 3 rings (SSSR count). The van der Waals surface area contributed by atoms with Crippen LogP contribution in [0, 0.1) is 6.92 Å². The second-order valence-corrected chi connectivity index (χ2v) is 5.30. The Morgan fingerprint density at radius 1 is 0.739 bits per heavy atom. The Balaban J connectivity index is 1.75. The van der Waals surface area contributed by atoms with Gasteiger partial charge in [-0.3, -0.25) is 9.59 Å². The molecule has 0 aliphatic rings. The van der Waals surface area contributed by atoms with E-state index in [4.69, 9.17) is 0 Å². The lowest BCUT2D eigenvalue weighted by Gasteiger charge is -2.09. The van der Waals surface area contributed by atoms with Crippen LogP contribution in [0.1, 0.15) is 5.56 Å². The maximum atomic E-state index is 12.1.